The Kier molecular flexibility index (Phi) is 5.27. The maximum Gasteiger partial charge on any atom is 0.274 e. The smallest absolute Gasteiger partial charge is 0.274 e. The second-order valence-corrected chi connectivity index (χ2v) is 7.84. The minimum atomic E-state index is -0.808. The van der Waals surface area contributed by atoms with E-state index in [-0.39, 0.29) is 17.8 Å². The highest BCUT2D eigenvalue weighted by molar-refractivity contribution is 6.16. The zero-order valence-electron chi connectivity index (χ0n) is 16.4. The standard InChI is InChI=1S/C20H27N7O/c1-13-5-9-27(19(28)20(12-22)6-7-20)11-16(13)26(2)17(14(10-21)18(23)24)15-4-3-8-25-15/h3-4,8,10,13,16,21,25H,5-7,9,11H2,1-2H3,(H3,23,24)/p+1/b17-14-,21-10?. The molecule has 1 amide bonds. The van der Waals surface area contributed by atoms with Crippen LogP contribution in [-0.2, 0) is 4.79 Å². The Hall–Kier alpha value is -3.08. The number of carbonyl (C=O) groups excluding carboxylic acids is 1. The number of piperidine rings is 1. The van der Waals surface area contributed by atoms with Gasteiger partial charge in [0.2, 0.25) is 5.91 Å². The summed E-state index contributed by atoms with van der Waals surface area (Å²) >= 11 is 0. The van der Waals surface area contributed by atoms with Crippen molar-refractivity contribution in [1.82, 2.24) is 14.8 Å². The molecule has 1 aromatic heterocycles. The average molecular weight is 382 g/mol. The molecule has 28 heavy (non-hydrogen) atoms. The molecule has 2 heterocycles. The van der Waals surface area contributed by atoms with Gasteiger partial charge in [-0.2, -0.15) is 5.26 Å². The number of nitrogens with one attached hydrogen (secondary N) is 2. The van der Waals surface area contributed by atoms with Gasteiger partial charge in [0.25, 0.3) is 5.84 Å². The molecule has 0 aromatic carbocycles. The second-order valence-electron chi connectivity index (χ2n) is 7.84. The van der Waals surface area contributed by atoms with Crippen LogP contribution >= 0.6 is 0 Å². The van der Waals surface area contributed by atoms with Gasteiger partial charge >= 0.3 is 0 Å². The molecule has 2 aliphatic rings. The number of amidine groups is 1. The third-order valence-electron chi connectivity index (χ3n) is 5.99. The van der Waals surface area contributed by atoms with E-state index in [9.17, 15) is 10.1 Å². The number of likely N-dealkylation sites (tertiary alicyclic amines) is 1. The predicted molar refractivity (Wildman–Crippen MR) is 107 cm³/mol. The summed E-state index contributed by atoms with van der Waals surface area (Å²) in [5.41, 5.74) is 7.03. The number of rotatable bonds is 6. The number of hydrogen-bond acceptors (Lipinski definition) is 4. The number of likely N-dealkylation sites (N-methyl/N-ethyl adjacent to an activating group) is 1. The number of aromatic amines is 1. The summed E-state index contributed by atoms with van der Waals surface area (Å²) in [7, 11) is 1.94. The van der Waals surface area contributed by atoms with Crippen molar-refractivity contribution in [2.75, 3.05) is 20.1 Å². The zero-order valence-corrected chi connectivity index (χ0v) is 16.4. The topological polar surface area (TPSA) is 139 Å². The average Bonchev–Trinajstić information content (AvgIpc) is 3.31. The highest BCUT2D eigenvalue weighted by Gasteiger charge is 2.53. The first kappa shape index (κ1) is 19.7. The van der Waals surface area contributed by atoms with Crippen LogP contribution in [0, 0.1) is 28.1 Å². The quantitative estimate of drug-likeness (QED) is 0.405. The highest BCUT2D eigenvalue weighted by Crippen LogP contribution is 2.47. The van der Waals surface area contributed by atoms with Crippen LogP contribution in [0.15, 0.2) is 23.9 Å². The van der Waals surface area contributed by atoms with E-state index in [0.29, 0.717) is 37.4 Å². The summed E-state index contributed by atoms with van der Waals surface area (Å²) in [6.07, 6.45) is 5.12. The lowest BCUT2D eigenvalue weighted by molar-refractivity contribution is -0.137. The van der Waals surface area contributed by atoms with E-state index in [1.807, 2.05) is 24.1 Å². The van der Waals surface area contributed by atoms with E-state index in [0.717, 1.165) is 24.0 Å². The van der Waals surface area contributed by atoms with Crippen molar-refractivity contribution in [3.05, 3.63) is 29.6 Å². The van der Waals surface area contributed by atoms with Crippen LogP contribution in [-0.4, -0.2) is 58.9 Å². The molecule has 0 bridgehead atoms. The molecule has 0 spiro atoms. The van der Waals surface area contributed by atoms with Gasteiger partial charge in [-0.1, -0.05) is 6.92 Å². The number of nitriles is 1. The third kappa shape index (κ3) is 3.40. The molecule has 3 rings (SSSR count). The minimum Gasteiger partial charge on any atom is -0.367 e. The molecule has 1 saturated carbocycles. The fourth-order valence-corrected chi connectivity index (χ4v) is 4.00. The van der Waals surface area contributed by atoms with Crippen LogP contribution in [0.4, 0.5) is 0 Å². The van der Waals surface area contributed by atoms with Gasteiger partial charge in [-0.15, -0.1) is 0 Å². The van der Waals surface area contributed by atoms with Crippen LogP contribution in [0.25, 0.3) is 5.70 Å². The van der Waals surface area contributed by atoms with Gasteiger partial charge in [-0.05, 0) is 37.3 Å². The Balaban J connectivity index is 1.92. The molecule has 1 aromatic rings. The van der Waals surface area contributed by atoms with Gasteiger partial charge in [0.1, 0.15) is 11.0 Å². The highest BCUT2D eigenvalue weighted by atomic mass is 16.2. The fraction of sp³-hybridized carbons (Fsp3) is 0.500. The van der Waals surface area contributed by atoms with Crippen molar-refractivity contribution in [3.63, 3.8) is 0 Å². The molecule has 148 valence electrons. The van der Waals surface area contributed by atoms with Crippen LogP contribution in [0.1, 0.15) is 31.9 Å². The van der Waals surface area contributed by atoms with Crippen LogP contribution in [0.5, 0.6) is 0 Å². The summed E-state index contributed by atoms with van der Waals surface area (Å²) < 4.78 is 0. The lowest BCUT2D eigenvalue weighted by Crippen LogP contribution is -2.54. The Morgan fingerprint density at radius 2 is 2.29 bits per heavy atom. The normalized spacial score (nSPS) is 24.0. The monoisotopic (exact) mass is 382 g/mol. The first-order valence-electron chi connectivity index (χ1n) is 9.55. The molecule has 6 N–H and O–H groups in total. The van der Waals surface area contributed by atoms with E-state index in [4.69, 9.17) is 16.6 Å². The molecular formula is C20H28N7O+. The Morgan fingerprint density at radius 1 is 1.57 bits per heavy atom. The maximum atomic E-state index is 12.9. The van der Waals surface area contributed by atoms with Gasteiger partial charge in [0.15, 0.2) is 0 Å². The minimum absolute atomic E-state index is 0.0137. The lowest BCUT2D eigenvalue weighted by atomic mass is 9.90. The molecule has 1 aliphatic heterocycles. The van der Waals surface area contributed by atoms with Crippen LogP contribution in [0.3, 0.4) is 0 Å². The molecule has 1 aliphatic carbocycles. The van der Waals surface area contributed by atoms with Gasteiger partial charge in [0, 0.05) is 38.6 Å². The summed E-state index contributed by atoms with van der Waals surface area (Å²) in [6.45, 7) is 3.35. The Morgan fingerprint density at radius 3 is 2.79 bits per heavy atom. The van der Waals surface area contributed by atoms with Crippen molar-refractivity contribution in [1.29, 1.82) is 10.7 Å². The van der Waals surface area contributed by atoms with E-state index in [1.54, 1.807) is 6.20 Å². The lowest BCUT2D eigenvalue weighted by Gasteiger charge is -2.44. The van der Waals surface area contributed by atoms with Crippen molar-refractivity contribution >= 4 is 23.7 Å². The summed E-state index contributed by atoms with van der Waals surface area (Å²) in [4.78, 5) is 19.9. The van der Waals surface area contributed by atoms with Gasteiger partial charge < -0.3 is 20.2 Å². The second kappa shape index (κ2) is 7.50. The fourth-order valence-electron chi connectivity index (χ4n) is 4.00. The first-order valence-corrected chi connectivity index (χ1v) is 9.55. The van der Waals surface area contributed by atoms with E-state index < -0.39 is 5.41 Å². The van der Waals surface area contributed by atoms with Crippen molar-refractivity contribution in [3.8, 4) is 6.07 Å². The van der Waals surface area contributed by atoms with E-state index in [1.165, 1.54) is 0 Å². The predicted octanol–water partition coefficient (Wildman–Crippen LogP) is -0.0357. The summed E-state index contributed by atoms with van der Waals surface area (Å²) in [6, 6.07) is 6.00. The number of H-pyrrole nitrogens is 1. The number of aromatic nitrogens is 1. The molecule has 2 unspecified atom stereocenters. The largest absolute Gasteiger partial charge is 0.367 e. The first-order chi connectivity index (χ1) is 13.3. The van der Waals surface area contributed by atoms with Crippen LogP contribution in [0.2, 0.25) is 0 Å². The third-order valence-corrected chi connectivity index (χ3v) is 5.99. The number of hydrogen-bond donors (Lipinski definition) is 4. The van der Waals surface area contributed by atoms with E-state index in [2.05, 4.69) is 22.9 Å². The zero-order chi connectivity index (χ0) is 20.5. The summed E-state index contributed by atoms with van der Waals surface area (Å²) in [5, 5.41) is 23.0. The maximum absolute atomic E-state index is 12.9. The van der Waals surface area contributed by atoms with Crippen LogP contribution < -0.4 is 11.1 Å². The van der Waals surface area contributed by atoms with Crippen molar-refractivity contribution in [2.45, 2.75) is 32.2 Å². The number of amides is 1. The molecule has 0 radical (unpaired) electrons. The SMILES string of the molecule is CC1CCN(C(=O)C2(C#N)CC2)CC1N(C)/C(=C(/C=N)C(N)=[NH2+])c1ccc[nH]1. The molecule has 1 saturated heterocycles. The van der Waals surface area contributed by atoms with Gasteiger partial charge in [-0.25, -0.2) is 0 Å². The van der Waals surface area contributed by atoms with Gasteiger partial charge in [-0.3, -0.25) is 15.9 Å². The number of nitrogens with zero attached hydrogens (tertiary/aromatic N) is 3. The molecule has 8 heteroatoms. The molecule has 8 nitrogen and oxygen atoms in total. The van der Waals surface area contributed by atoms with Crippen molar-refractivity contribution in [2.24, 2.45) is 17.1 Å². The van der Waals surface area contributed by atoms with Crippen molar-refractivity contribution < 1.29 is 10.2 Å². The van der Waals surface area contributed by atoms with Gasteiger partial charge in [0.05, 0.1) is 17.5 Å². The molecular weight excluding hydrogens is 354 g/mol. The number of carbonyl (C=O) groups is 1. The van der Waals surface area contributed by atoms with E-state index >= 15 is 0 Å². The Bertz CT molecular complexity index is 844. The molecule has 2 fully saturated rings. The number of nitrogens with two attached hydrogens (primary N) is 2. The Labute approximate surface area is 165 Å². The summed E-state index contributed by atoms with van der Waals surface area (Å²) in [5.74, 6) is 0.342. The molecule has 2 atom stereocenters.